The Balaban J connectivity index is 2.18. The van der Waals surface area contributed by atoms with Crippen LogP contribution in [0.1, 0.15) is 50.2 Å². The zero-order chi connectivity index (χ0) is 15.0. The van der Waals surface area contributed by atoms with Gasteiger partial charge in [0.1, 0.15) is 0 Å². The fourth-order valence-corrected chi connectivity index (χ4v) is 4.49. The van der Waals surface area contributed by atoms with E-state index in [9.17, 15) is 9.60 Å². The molecule has 21 heavy (non-hydrogen) atoms. The average Bonchev–Trinajstić information content (AvgIpc) is 2.46. The topological polar surface area (TPSA) is 41.5 Å². The summed E-state index contributed by atoms with van der Waals surface area (Å²) in [4.78, 5) is 0. The van der Waals surface area contributed by atoms with Crippen LogP contribution in [0.4, 0.5) is 4.39 Å². The Morgan fingerprint density at radius 3 is 2.86 bits per heavy atom. The second-order valence-corrected chi connectivity index (χ2v) is 6.70. The molecule has 1 fully saturated rings. The second-order valence-electron chi connectivity index (χ2n) is 6.70. The number of halogens is 1. The van der Waals surface area contributed by atoms with Crippen molar-refractivity contribution in [1.29, 1.82) is 0 Å². The molecule has 0 saturated heterocycles. The number of hydroxylamine groups is 1. The Labute approximate surface area is 125 Å². The lowest BCUT2D eigenvalue weighted by Gasteiger charge is -2.48. The molecule has 1 aromatic carbocycles. The van der Waals surface area contributed by atoms with Gasteiger partial charge in [-0.3, -0.25) is 0 Å². The molecular formula is C17H24FNO2. The fraction of sp³-hybridized carbons (Fsp3) is 0.647. The van der Waals surface area contributed by atoms with Gasteiger partial charge in [-0.2, -0.15) is 0 Å². The van der Waals surface area contributed by atoms with Crippen molar-refractivity contribution >= 4 is 0 Å². The fourth-order valence-electron chi connectivity index (χ4n) is 4.49. The molecule has 2 aliphatic rings. The summed E-state index contributed by atoms with van der Waals surface area (Å²) in [6, 6.07) is 3.63. The molecule has 0 amide bonds. The normalized spacial score (nSPS) is 32.0. The molecule has 2 bridgehead atoms. The maximum absolute atomic E-state index is 14.9. The predicted molar refractivity (Wildman–Crippen MR) is 79.3 cm³/mol. The number of nitrogens with one attached hydrogen (secondary N) is 1. The van der Waals surface area contributed by atoms with Gasteiger partial charge in [0.25, 0.3) is 0 Å². The van der Waals surface area contributed by atoms with E-state index < -0.39 is 0 Å². The smallest absolute Gasteiger partial charge is 0.169 e. The Morgan fingerprint density at radius 1 is 1.33 bits per heavy atom. The van der Waals surface area contributed by atoms with Crippen molar-refractivity contribution in [2.24, 2.45) is 5.92 Å². The molecule has 0 radical (unpaired) electrons. The van der Waals surface area contributed by atoms with Crippen LogP contribution in [0.3, 0.4) is 0 Å². The Hall–Kier alpha value is -1.13. The Morgan fingerprint density at radius 2 is 2.14 bits per heavy atom. The van der Waals surface area contributed by atoms with Gasteiger partial charge in [0.05, 0.1) is 7.11 Å². The number of hydrogen-bond acceptors (Lipinski definition) is 3. The molecule has 4 heteroatoms. The molecule has 1 aromatic rings. The molecule has 0 aliphatic heterocycles. The van der Waals surface area contributed by atoms with Gasteiger partial charge < -0.3 is 9.94 Å². The summed E-state index contributed by atoms with van der Waals surface area (Å²) >= 11 is 0. The number of methoxy groups -OCH3 is 1. The van der Waals surface area contributed by atoms with Crippen molar-refractivity contribution < 1.29 is 14.3 Å². The average molecular weight is 293 g/mol. The number of fused-ring (bicyclic) bond motifs is 4. The molecule has 2 aliphatic carbocycles. The van der Waals surface area contributed by atoms with Crippen LogP contribution >= 0.6 is 0 Å². The first-order valence-electron chi connectivity index (χ1n) is 7.87. The lowest BCUT2D eigenvalue weighted by Crippen LogP contribution is -2.54. The summed E-state index contributed by atoms with van der Waals surface area (Å²) in [5.74, 6) is 0.407. The molecule has 0 heterocycles. The molecule has 2 N–H and O–H groups in total. The van der Waals surface area contributed by atoms with Gasteiger partial charge in [-0.1, -0.05) is 32.3 Å². The van der Waals surface area contributed by atoms with Gasteiger partial charge >= 0.3 is 0 Å². The molecule has 0 aromatic heterocycles. The first-order chi connectivity index (χ1) is 10.1. The van der Waals surface area contributed by atoms with Crippen LogP contribution in [-0.2, 0) is 11.8 Å². The zero-order valence-corrected chi connectivity index (χ0v) is 12.8. The van der Waals surface area contributed by atoms with Gasteiger partial charge in [-0.05, 0) is 36.8 Å². The highest BCUT2D eigenvalue weighted by Crippen LogP contribution is 2.48. The molecule has 116 valence electrons. The van der Waals surface area contributed by atoms with Crippen LogP contribution in [0.15, 0.2) is 12.1 Å². The van der Waals surface area contributed by atoms with E-state index in [-0.39, 0.29) is 17.3 Å². The Bertz CT molecular complexity index is 534. The van der Waals surface area contributed by atoms with E-state index in [0.717, 1.165) is 36.8 Å². The number of hydrogen-bond donors (Lipinski definition) is 2. The van der Waals surface area contributed by atoms with E-state index in [1.54, 1.807) is 6.07 Å². The summed E-state index contributed by atoms with van der Waals surface area (Å²) in [6.45, 7) is 2.08. The van der Waals surface area contributed by atoms with Crippen LogP contribution in [0.5, 0.6) is 5.75 Å². The molecule has 3 atom stereocenters. The van der Waals surface area contributed by atoms with Crippen LogP contribution in [0.25, 0.3) is 0 Å². The van der Waals surface area contributed by atoms with Crippen molar-refractivity contribution in [2.45, 2.75) is 56.9 Å². The lowest BCUT2D eigenvalue weighted by molar-refractivity contribution is 0.0336. The summed E-state index contributed by atoms with van der Waals surface area (Å²) in [7, 11) is 1.50. The molecule has 3 rings (SSSR count). The minimum absolute atomic E-state index is 0.0908. The largest absolute Gasteiger partial charge is 0.494 e. The lowest BCUT2D eigenvalue weighted by atomic mass is 9.59. The van der Waals surface area contributed by atoms with E-state index in [4.69, 9.17) is 4.74 Å². The minimum Gasteiger partial charge on any atom is -0.494 e. The SMILES string of the molecule is COc1ccc2c(c1F)C1(C)CCCCCC(C2)C1NO. The monoisotopic (exact) mass is 293 g/mol. The minimum atomic E-state index is -0.383. The third-order valence-electron chi connectivity index (χ3n) is 5.53. The van der Waals surface area contributed by atoms with Gasteiger partial charge in [0.15, 0.2) is 11.6 Å². The van der Waals surface area contributed by atoms with Crippen LogP contribution < -0.4 is 10.2 Å². The van der Waals surface area contributed by atoms with Crippen molar-refractivity contribution in [3.63, 3.8) is 0 Å². The second kappa shape index (κ2) is 5.58. The zero-order valence-electron chi connectivity index (χ0n) is 12.8. The molecule has 0 spiro atoms. The van der Waals surface area contributed by atoms with Gasteiger partial charge in [-0.15, -0.1) is 0 Å². The van der Waals surface area contributed by atoms with Crippen molar-refractivity contribution in [2.75, 3.05) is 7.11 Å². The number of ether oxygens (including phenoxy) is 1. The maximum Gasteiger partial charge on any atom is 0.169 e. The van der Waals surface area contributed by atoms with Crippen LogP contribution in [-0.4, -0.2) is 18.4 Å². The molecular weight excluding hydrogens is 269 g/mol. The van der Waals surface area contributed by atoms with Crippen LogP contribution in [0, 0.1) is 11.7 Å². The summed E-state index contributed by atoms with van der Waals surface area (Å²) < 4.78 is 20.1. The first-order valence-corrected chi connectivity index (χ1v) is 7.87. The third-order valence-corrected chi connectivity index (χ3v) is 5.53. The van der Waals surface area contributed by atoms with E-state index >= 15 is 0 Å². The number of benzene rings is 1. The molecule has 3 unspecified atom stereocenters. The van der Waals surface area contributed by atoms with E-state index in [2.05, 4.69) is 12.4 Å². The highest BCUT2D eigenvalue weighted by molar-refractivity contribution is 5.46. The first kappa shape index (κ1) is 14.8. The summed E-state index contributed by atoms with van der Waals surface area (Å²) in [5.41, 5.74) is 3.95. The van der Waals surface area contributed by atoms with Crippen molar-refractivity contribution in [1.82, 2.24) is 5.48 Å². The standard InChI is InChI=1S/C17H24FNO2/c1-17-9-5-3-4-6-12(16(17)19-20)10-11-7-8-13(21-2)15(18)14(11)17/h7-8,12,16,19-20H,3-6,9-10H2,1-2H3. The molecule has 1 saturated carbocycles. The highest BCUT2D eigenvalue weighted by Gasteiger charge is 2.47. The van der Waals surface area contributed by atoms with E-state index in [1.165, 1.54) is 20.0 Å². The van der Waals surface area contributed by atoms with Gasteiger partial charge in [-0.25, -0.2) is 9.87 Å². The van der Waals surface area contributed by atoms with E-state index in [0.29, 0.717) is 11.7 Å². The maximum atomic E-state index is 14.9. The summed E-state index contributed by atoms with van der Waals surface area (Å²) in [6.07, 6.45) is 6.24. The third kappa shape index (κ3) is 2.25. The Kier molecular flexibility index (Phi) is 3.93. The van der Waals surface area contributed by atoms with Crippen molar-refractivity contribution in [3.05, 3.63) is 29.1 Å². The number of rotatable bonds is 2. The summed E-state index contributed by atoms with van der Waals surface area (Å²) in [5, 5.41) is 9.72. The van der Waals surface area contributed by atoms with E-state index in [1.807, 2.05) is 6.07 Å². The quantitative estimate of drug-likeness (QED) is 0.819. The molecule has 3 nitrogen and oxygen atoms in total. The highest BCUT2D eigenvalue weighted by atomic mass is 19.1. The van der Waals surface area contributed by atoms with Gasteiger partial charge in [0.2, 0.25) is 0 Å². The van der Waals surface area contributed by atoms with Crippen molar-refractivity contribution in [3.8, 4) is 5.75 Å². The predicted octanol–water partition coefficient (Wildman–Crippen LogP) is 3.58. The van der Waals surface area contributed by atoms with Crippen LogP contribution in [0.2, 0.25) is 0 Å². The van der Waals surface area contributed by atoms with Gasteiger partial charge in [0, 0.05) is 17.0 Å².